The van der Waals surface area contributed by atoms with Crippen LogP contribution in [0.3, 0.4) is 0 Å². The molecule has 170 valence electrons. The molecule has 0 bridgehead atoms. The fraction of sp³-hybridized carbons (Fsp3) is 0.0741. The number of carbonyl (C=O) groups excluding carboxylic acids is 2. The first-order valence-electron chi connectivity index (χ1n) is 10.5. The first-order chi connectivity index (χ1) is 16.5. The molecule has 0 unspecified atom stereocenters. The van der Waals surface area contributed by atoms with Crippen LogP contribution in [0, 0.1) is 6.92 Å². The number of nitrogens with one attached hydrogen (secondary N) is 1. The van der Waals surface area contributed by atoms with Gasteiger partial charge >= 0.3 is 5.97 Å². The van der Waals surface area contributed by atoms with Crippen LogP contribution < -0.4 is 14.9 Å². The molecule has 0 fully saturated rings. The molecule has 0 saturated heterocycles. The normalized spacial score (nSPS) is 10.9. The Bertz CT molecular complexity index is 1380. The Hall–Kier alpha value is -4.16. The molecule has 0 aliphatic heterocycles. The van der Waals surface area contributed by atoms with Crippen molar-refractivity contribution in [3.8, 4) is 11.5 Å². The minimum absolute atomic E-state index is 0.190. The fourth-order valence-corrected chi connectivity index (χ4v) is 3.55. The van der Waals surface area contributed by atoms with Gasteiger partial charge in [0.15, 0.2) is 6.61 Å². The van der Waals surface area contributed by atoms with Gasteiger partial charge in [-0.15, -0.1) is 0 Å². The third-order valence-corrected chi connectivity index (χ3v) is 5.30. The number of carbonyl (C=O) groups is 2. The van der Waals surface area contributed by atoms with Crippen LogP contribution in [0.4, 0.5) is 0 Å². The number of amides is 1. The molecule has 0 atom stereocenters. The summed E-state index contributed by atoms with van der Waals surface area (Å²) in [4.78, 5) is 24.9. The SMILES string of the molecule is Cc1cccc(OCC(=O)N/N=C\c2c(OC(=O)c3ccccc3Cl)ccc3ccccc23)c1. The molecule has 4 aromatic rings. The lowest BCUT2D eigenvalue weighted by Gasteiger charge is -2.11. The predicted molar refractivity (Wildman–Crippen MR) is 133 cm³/mol. The number of aryl methyl sites for hydroxylation is 1. The number of ether oxygens (including phenoxy) is 2. The zero-order valence-corrected chi connectivity index (χ0v) is 19.1. The van der Waals surface area contributed by atoms with E-state index in [1.54, 1.807) is 36.4 Å². The van der Waals surface area contributed by atoms with E-state index in [1.165, 1.54) is 6.21 Å². The maximum atomic E-state index is 12.7. The topological polar surface area (TPSA) is 77.0 Å². The first kappa shape index (κ1) is 23.0. The van der Waals surface area contributed by atoms with E-state index in [2.05, 4.69) is 10.5 Å². The Morgan fingerprint density at radius 2 is 1.76 bits per heavy atom. The van der Waals surface area contributed by atoms with Gasteiger partial charge in [-0.2, -0.15) is 5.10 Å². The number of benzene rings is 4. The third-order valence-electron chi connectivity index (χ3n) is 4.97. The van der Waals surface area contributed by atoms with Crippen LogP contribution in [0.5, 0.6) is 11.5 Å². The van der Waals surface area contributed by atoms with Gasteiger partial charge in [-0.3, -0.25) is 4.79 Å². The van der Waals surface area contributed by atoms with Crippen molar-refractivity contribution in [1.29, 1.82) is 0 Å². The highest BCUT2D eigenvalue weighted by Gasteiger charge is 2.15. The third kappa shape index (κ3) is 5.60. The summed E-state index contributed by atoms with van der Waals surface area (Å²) in [6, 6.07) is 25.2. The largest absolute Gasteiger partial charge is 0.484 e. The van der Waals surface area contributed by atoms with Gasteiger partial charge < -0.3 is 9.47 Å². The summed E-state index contributed by atoms with van der Waals surface area (Å²) in [5.74, 6) is -0.127. The number of rotatable bonds is 7. The van der Waals surface area contributed by atoms with Crippen molar-refractivity contribution in [3.63, 3.8) is 0 Å². The maximum Gasteiger partial charge on any atom is 0.345 e. The summed E-state index contributed by atoms with van der Waals surface area (Å²) in [7, 11) is 0. The molecule has 1 N–H and O–H groups in total. The lowest BCUT2D eigenvalue weighted by atomic mass is 10.0. The highest BCUT2D eigenvalue weighted by molar-refractivity contribution is 6.33. The van der Waals surface area contributed by atoms with Crippen molar-refractivity contribution < 1.29 is 19.1 Å². The van der Waals surface area contributed by atoms with E-state index in [1.807, 2.05) is 55.5 Å². The van der Waals surface area contributed by atoms with Crippen LogP contribution in [0.15, 0.2) is 90.0 Å². The smallest absolute Gasteiger partial charge is 0.345 e. The van der Waals surface area contributed by atoms with Gasteiger partial charge in [0.1, 0.15) is 11.5 Å². The monoisotopic (exact) mass is 472 g/mol. The maximum absolute atomic E-state index is 12.7. The van der Waals surface area contributed by atoms with Crippen molar-refractivity contribution in [1.82, 2.24) is 5.43 Å². The molecule has 0 spiro atoms. The van der Waals surface area contributed by atoms with E-state index >= 15 is 0 Å². The van der Waals surface area contributed by atoms with Crippen LogP contribution >= 0.6 is 11.6 Å². The van der Waals surface area contributed by atoms with Gasteiger partial charge in [0, 0.05) is 5.56 Å². The number of halogens is 1. The second kappa shape index (κ2) is 10.6. The van der Waals surface area contributed by atoms with Crippen LogP contribution in [0.25, 0.3) is 10.8 Å². The van der Waals surface area contributed by atoms with Crippen molar-refractivity contribution in [3.05, 3.63) is 107 Å². The summed E-state index contributed by atoms with van der Waals surface area (Å²) in [5.41, 5.74) is 4.27. The minimum Gasteiger partial charge on any atom is -0.484 e. The second-order valence-electron chi connectivity index (χ2n) is 7.47. The molecular weight excluding hydrogens is 452 g/mol. The number of hydrogen-bond acceptors (Lipinski definition) is 5. The number of hydrogen-bond donors (Lipinski definition) is 1. The molecule has 4 rings (SSSR count). The fourth-order valence-electron chi connectivity index (χ4n) is 3.33. The Kier molecular flexibility index (Phi) is 7.20. The number of nitrogens with zero attached hydrogens (tertiary/aromatic N) is 1. The van der Waals surface area contributed by atoms with Crippen LogP contribution in [-0.4, -0.2) is 24.7 Å². The summed E-state index contributed by atoms with van der Waals surface area (Å²) in [6.45, 7) is 1.75. The summed E-state index contributed by atoms with van der Waals surface area (Å²) < 4.78 is 11.1. The van der Waals surface area contributed by atoms with E-state index in [4.69, 9.17) is 21.1 Å². The highest BCUT2D eigenvalue weighted by atomic mass is 35.5. The molecule has 0 aliphatic carbocycles. The highest BCUT2D eigenvalue weighted by Crippen LogP contribution is 2.28. The Morgan fingerprint density at radius 3 is 2.59 bits per heavy atom. The van der Waals surface area contributed by atoms with Crippen molar-refractivity contribution in [2.75, 3.05) is 6.61 Å². The van der Waals surface area contributed by atoms with Gasteiger partial charge in [0.2, 0.25) is 0 Å². The van der Waals surface area contributed by atoms with E-state index in [-0.39, 0.29) is 17.9 Å². The average Bonchev–Trinajstić information content (AvgIpc) is 2.84. The van der Waals surface area contributed by atoms with Crippen molar-refractivity contribution in [2.24, 2.45) is 5.10 Å². The number of esters is 1. The first-order valence-corrected chi connectivity index (χ1v) is 10.9. The van der Waals surface area contributed by atoms with Gasteiger partial charge in [-0.25, -0.2) is 10.2 Å². The van der Waals surface area contributed by atoms with E-state index in [0.717, 1.165) is 16.3 Å². The number of hydrazone groups is 1. The van der Waals surface area contributed by atoms with Gasteiger partial charge in [-0.05, 0) is 53.6 Å². The summed E-state index contributed by atoms with van der Waals surface area (Å²) >= 11 is 6.13. The van der Waals surface area contributed by atoms with Crippen LogP contribution in [-0.2, 0) is 4.79 Å². The molecule has 4 aromatic carbocycles. The minimum atomic E-state index is -0.592. The molecule has 0 saturated carbocycles. The van der Waals surface area contributed by atoms with Gasteiger partial charge in [-0.1, -0.05) is 66.2 Å². The molecule has 6 nitrogen and oxygen atoms in total. The molecule has 7 heteroatoms. The van der Waals surface area contributed by atoms with Crippen LogP contribution in [0.1, 0.15) is 21.5 Å². The molecule has 34 heavy (non-hydrogen) atoms. The average molecular weight is 473 g/mol. The standard InChI is InChI=1S/C27H21ClN2O4/c1-18-7-6-9-20(15-18)33-17-26(31)30-29-16-23-21-10-3-2-8-19(21)13-14-25(23)34-27(32)22-11-4-5-12-24(22)28/h2-16H,17H2,1H3,(H,30,31)/b29-16-. The van der Waals surface area contributed by atoms with Crippen LogP contribution in [0.2, 0.25) is 5.02 Å². The Balaban J connectivity index is 1.52. The quantitative estimate of drug-likeness (QED) is 0.165. The van der Waals surface area contributed by atoms with E-state index < -0.39 is 11.9 Å². The molecule has 0 aliphatic rings. The predicted octanol–water partition coefficient (Wildman–Crippen LogP) is 5.55. The zero-order chi connectivity index (χ0) is 23.9. The number of fused-ring (bicyclic) bond motifs is 1. The van der Waals surface area contributed by atoms with Gasteiger partial charge in [0.05, 0.1) is 16.8 Å². The molecule has 0 radical (unpaired) electrons. The zero-order valence-electron chi connectivity index (χ0n) is 18.3. The molecule has 0 heterocycles. The lowest BCUT2D eigenvalue weighted by Crippen LogP contribution is -2.24. The summed E-state index contributed by atoms with van der Waals surface area (Å²) in [6.07, 6.45) is 1.45. The molecule has 0 aromatic heterocycles. The van der Waals surface area contributed by atoms with Crippen molar-refractivity contribution in [2.45, 2.75) is 6.92 Å². The molecular formula is C27H21ClN2O4. The van der Waals surface area contributed by atoms with E-state index in [9.17, 15) is 9.59 Å². The molecule has 1 amide bonds. The van der Waals surface area contributed by atoms with Crippen molar-refractivity contribution >= 4 is 40.5 Å². The Morgan fingerprint density at radius 1 is 0.971 bits per heavy atom. The second-order valence-corrected chi connectivity index (χ2v) is 7.87. The summed E-state index contributed by atoms with van der Waals surface area (Å²) in [5, 5.41) is 6.09. The lowest BCUT2D eigenvalue weighted by molar-refractivity contribution is -0.123. The van der Waals surface area contributed by atoms with E-state index in [0.29, 0.717) is 16.3 Å². The van der Waals surface area contributed by atoms with Gasteiger partial charge in [0.25, 0.3) is 5.91 Å². The Labute approximate surface area is 201 Å².